The normalized spacial score (nSPS) is 17.8. The van der Waals surface area contributed by atoms with Crippen LogP contribution in [0.2, 0.25) is 5.02 Å². The van der Waals surface area contributed by atoms with Crippen molar-refractivity contribution in [3.8, 4) is 11.5 Å². The lowest BCUT2D eigenvalue weighted by molar-refractivity contribution is -0.858. The maximum Gasteiger partial charge on any atom is 0.295 e. The van der Waals surface area contributed by atoms with Crippen LogP contribution in [0.25, 0.3) is 5.76 Å². The zero-order chi connectivity index (χ0) is 23.4. The molecule has 1 aliphatic heterocycles. The van der Waals surface area contributed by atoms with Crippen molar-refractivity contribution in [2.24, 2.45) is 0 Å². The highest BCUT2D eigenvalue weighted by atomic mass is 35.5. The number of nitrogens with zero attached hydrogens (tertiary/aromatic N) is 1. The predicted molar refractivity (Wildman–Crippen MR) is 120 cm³/mol. The molecule has 1 heterocycles. The van der Waals surface area contributed by atoms with Gasteiger partial charge in [-0.1, -0.05) is 35.6 Å². The zero-order valence-corrected chi connectivity index (χ0v) is 19.4. The molecule has 1 amide bonds. The summed E-state index contributed by atoms with van der Waals surface area (Å²) in [5, 5.41) is 13.7. The van der Waals surface area contributed by atoms with Crippen LogP contribution in [0.4, 0.5) is 0 Å². The molecular formula is C24H27ClN2O5. The second-order valence-electron chi connectivity index (χ2n) is 7.91. The molecule has 7 nitrogen and oxygen atoms in total. The lowest BCUT2D eigenvalue weighted by Crippen LogP contribution is -3.05. The summed E-state index contributed by atoms with van der Waals surface area (Å²) >= 11 is 6.20. The second kappa shape index (κ2) is 10.1. The van der Waals surface area contributed by atoms with Gasteiger partial charge in [-0.05, 0) is 35.4 Å². The molecule has 8 heteroatoms. The fourth-order valence-corrected chi connectivity index (χ4v) is 4.08. The van der Waals surface area contributed by atoms with Crippen molar-refractivity contribution in [2.75, 3.05) is 41.4 Å². The number of carbonyl (C=O) groups is 2. The van der Waals surface area contributed by atoms with Crippen molar-refractivity contribution < 1.29 is 29.1 Å². The predicted octanol–water partition coefficient (Wildman–Crippen LogP) is 1.12. The standard InChI is InChI=1S/C24H27ClN2O5/c1-26(2)11-6-12-27-21(15-7-5-8-17(13-15)31-3)20(23(29)24(27)30)22(28)16-9-10-19(32-4)18(25)14-16/h5,7-10,13-14,21,28H,6,11-12H2,1-4H3/b22-20+. The van der Waals surface area contributed by atoms with Gasteiger partial charge in [-0.15, -0.1) is 0 Å². The van der Waals surface area contributed by atoms with Gasteiger partial charge >= 0.3 is 0 Å². The van der Waals surface area contributed by atoms with E-state index in [1.807, 2.05) is 14.1 Å². The van der Waals surface area contributed by atoms with E-state index < -0.39 is 23.5 Å². The van der Waals surface area contributed by atoms with E-state index in [2.05, 4.69) is 0 Å². The Bertz CT molecular complexity index is 1050. The number of rotatable bonds is 8. The summed E-state index contributed by atoms with van der Waals surface area (Å²) in [6.45, 7) is 1.18. The van der Waals surface area contributed by atoms with Crippen molar-refractivity contribution in [3.05, 3.63) is 64.2 Å². The molecule has 1 saturated heterocycles. The summed E-state index contributed by atoms with van der Waals surface area (Å²) in [6, 6.07) is 10.8. The average Bonchev–Trinajstić information content (AvgIpc) is 3.03. The van der Waals surface area contributed by atoms with Gasteiger partial charge in [-0.3, -0.25) is 9.59 Å². The molecule has 2 aromatic rings. The molecule has 170 valence electrons. The highest BCUT2D eigenvalue weighted by molar-refractivity contribution is 6.46. The Morgan fingerprint density at radius 3 is 2.50 bits per heavy atom. The van der Waals surface area contributed by atoms with Crippen molar-refractivity contribution in [1.29, 1.82) is 0 Å². The van der Waals surface area contributed by atoms with Crippen molar-refractivity contribution >= 4 is 29.1 Å². The Morgan fingerprint density at radius 1 is 1.12 bits per heavy atom. The van der Waals surface area contributed by atoms with Gasteiger partial charge in [0.2, 0.25) is 5.78 Å². The minimum atomic E-state index is -0.796. The number of quaternary nitrogens is 1. The molecule has 0 radical (unpaired) electrons. The van der Waals surface area contributed by atoms with Gasteiger partial charge in [-0.2, -0.15) is 0 Å². The van der Waals surface area contributed by atoms with Crippen LogP contribution in [0, 0.1) is 0 Å². The third-order valence-electron chi connectivity index (χ3n) is 5.43. The number of ketones is 1. The number of hydrogen-bond donors (Lipinski definition) is 1. The number of ether oxygens (including phenoxy) is 2. The van der Waals surface area contributed by atoms with E-state index in [0.29, 0.717) is 30.0 Å². The number of methoxy groups -OCH3 is 2. The first kappa shape index (κ1) is 23.6. The Balaban J connectivity index is 2.12. The van der Waals surface area contributed by atoms with Crippen LogP contribution in [0.1, 0.15) is 23.6 Å². The second-order valence-corrected chi connectivity index (χ2v) is 8.32. The van der Waals surface area contributed by atoms with Gasteiger partial charge in [0.15, 0.2) is 0 Å². The number of hydrogen-bond acceptors (Lipinski definition) is 5. The molecule has 0 aliphatic carbocycles. The fourth-order valence-electron chi connectivity index (χ4n) is 3.83. The molecule has 1 fully saturated rings. The van der Waals surface area contributed by atoms with Gasteiger partial charge in [0.1, 0.15) is 11.5 Å². The van der Waals surface area contributed by atoms with Gasteiger partial charge in [-0.25, -0.2) is 0 Å². The molecule has 1 N–H and O–H groups in total. The monoisotopic (exact) mass is 458 g/mol. The molecule has 1 unspecified atom stereocenters. The molecule has 3 rings (SSSR count). The Kier molecular flexibility index (Phi) is 7.43. The molecule has 1 aliphatic rings. The third-order valence-corrected chi connectivity index (χ3v) is 5.72. The minimum Gasteiger partial charge on any atom is -0.872 e. The van der Waals surface area contributed by atoms with E-state index in [9.17, 15) is 14.7 Å². The first-order valence-electron chi connectivity index (χ1n) is 10.3. The molecule has 32 heavy (non-hydrogen) atoms. The summed E-state index contributed by atoms with van der Waals surface area (Å²) in [6.07, 6.45) is 0.692. The summed E-state index contributed by atoms with van der Waals surface area (Å²) in [4.78, 5) is 28.7. The van der Waals surface area contributed by atoms with Gasteiger partial charge < -0.3 is 24.4 Å². The average molecular weight is 459 g/mol. The van der Waals surface area contributed by atoms with Crippen LogP contribution < -0.4 is 19.5 Å². The summed E-state index contributed by atoms with van der Waals surface area (Å²) in [5.41, 5.74) is 0.782. The molecule has 1 atom stereocenters. The number of benzene rings is 2. The number of nitrogens with one attached hydrogen (secondary N) is 1. The molecule has 0 aromatic heterocycles. The van der Waals surface area contributed by atoms with E-state index in [0.717, 1.165) is 6.54 Å². The van der Waals surface area contributed by atoms with Crippen LogP contribution in [0.3, 0.4) is 0 Å². The highest BCUT2D eigenvalue weighted by Crippen LogP contribution is 2.40. The molecule has 0 spiro atoms. The lowest BCUT2D eigenvalue weighted by Gasteiger charge is -2.28. The highest BCUT2D eigenvalue weighted by Gasteiger charge is 2.44. The van der Waals surface area contributed by atoms with Crippen molar-refractivity contribution in [3.63, 3.8) is 0 Å². The summed E-state index contributed by atoms with van der Waals surface area (Å²) < 4.78 is 10.5. The van der Waals surface area contributed by atoms with Crippen molar-refractivity contribution in [2.45, 2.75) is 12.5 Å². The first-order valence-corrected chi connectivity index (χ1v) is 10.7. The number of likely N-dealkylation sites (tertiary alicyclic amines) is 1. The van der Waals surface area contributed by atoms with E-state index in [1.165, 1.54) is 30.1 Å². The van der Waals surface area contributed by atoms with E-state index in [4.69, 9.17) is 21.1 Å². The number of halogens is 1. The van der Waals surface area contributed by atoms with Crippen LogP contribution >= 0.6 is 11.6 Å². The largest absolute Gasteiger partial charge is 0.872 e. The van der Waals surface area contributed by atoms with E-state index in [-0.39, 0.29) is 16.2 Å². The number of Topliss-reactive ketones (excluding diaryl/α,β-unsaturated/α-hetero) is 1. The molecule has 2 aromatic carbocycles. The molecule has 0 saturated carbocycles. The summed E-state index contributed by atoms with van der Waals surface area (Å²) in [7, 11) is 7.05. The lowest BCUT2D eigenvalue weighted by atomic mass is 9.95. The summed E-state index contributed by atoms with van der Waals surface area (Å²) in [5.74, 6) is -0.992. The topological polar surface area (TPSA) is 83.3 Å². The van der Waals surface area contributed by atoms with Crippen LogP contribution in [-0.2, 0) is 9.59 Å². The molecule has 0 bridgehead atoms. The first-order chi connectivity index (χ1) is 15.3. The number of carbonyl (C=O) groups excluding carboxylic acids is 2. The molecular weight excluding hydrogens is 432 g/mol. The quantitative estimate of drug-likeness (QED) is 0.364. The Morgan fingerprint density at radius 2 is 1.88 bits per heavy atom. The van der Waals surface area contributed by atoms with Crippen molar-refractivity contribution in [1.82, 2.24) is 4.90 Å². The van der Waals surface area contributed by atoms with Gasteiger partial charge in [0, 0.05) is 18.5 Å². The van der Waals surface area contributed by atoms with Crippen LogP contribution in [0.15, 0.2) is 48.0 Å². The Hall–Kier alpha value is -3.03. The van der Waals surface area contributed by atoms with Gasteiger partial charge in [0.05, 0.1) is 45.9 Å². The minimum absolute atomic E-state index is 0.0818. The van der Waals surface area contributed by atoms with E-state index >= 15 is 0 Å². The Labute approximate surface area is 192 Å². The maximum atomic E-state index is 13.4. The fraction of sp³-hybridized carbons (Fsp3) is 0.333. The van der Waals surface area contributed by atoms with E-state index in [1.54, 1.807) is 36.4 Å². The van der Waals surface area contributed by atoms with Gasteiger partial charge in [0.25, 0.3) is 5.91 Å². The smallest absolute Gasteiger partial charge is 0.295 e. The zero-order valence-electron chi connectivity index (χ0n) is 18.6. The number of amides is 1. The maximum absolute atomic E-state index is 13.4. The van der Waals surface area contributed by atoms with Crippen LogP contribution in [0.5, 0.6) is 11.5 Å². The van der Waals surface area contributed by atoms with Crippen LogP contribution in [-0.4, -0.2) is 58.0 Å². The SMILES string of the molecule is COc1cccc(C2/C(=C(\[O-])c3ccc(OC)c(Cl)c3)C(=O)C(=O)N2CCC[NH+](C)C)c1. The third kappa shape index (κ3) is 4.74.